The Labute approximate surface area is 214 Å². The molecule has 0 aromatic carbocycles. The highest BCUT2D eigenvalue weighted by Gasteiger charge is 2.70. The van der Waals surface area contributed by atoms with Gasteiger partial charge in [-0.15, -0.1) is 0 Å². The zero-order valence-corrected chi connectivity index (χ0v) is 24.0. The van der Waals surface area contributed by atoms with Gasteiger partial charge in [0.05, 0.1) is 0 Å². The summed E-state index contributed by atoms with van der Waals surface area (Å²) in [5.74, 6) is 1.79. The van der Waals surface area contributed by atoms with E-state index in [4.69, 9.17) is 4.74 Å². The lowest BCUT2D eigenvalue weighted by Gasteiger charge is -2.74. The van der Waals surface area contributed by atoms with E-state index in [9.17, 15) is 9.59 Å². The molecule has 0 aromatic rings. The fourth-order valence-corrected chi connectivity index (χ4v) is 11.0. The van der Waals surface area contributed by atoms with Gasteiger partial charge >= 0.3 is 5.97 Å². The summed E-state index contributed by atoms with van der Waals surface area (Å²) >= 11 is 0. The van der Waals surface area contributed by atoms with Gasteiger partial charge in [-0.3, -0.25) is 9.59 Å². The molecular weight excluding hydrogens is 432 g/mol. The topological polar surface area (TPSA) is 43.4 Å². The number of esters is 1. The van der Waals surface area contributed by atoms with Crippen LogP contribution in [0.4, 0.5) is 0 Å². The number of Topliss-reactive ketones (excluding diaryl/α,β-unsaturated/α-hetero) is 1. The smallest absolute Gasteiger partial charge is 0.308 e. The van der Waals surface area contributed by atoms with Crippen molar-refractivity contribution in [2.75, 3.05) is 0 Å². The van der Waals surface area contributed by atoms with Gasteiger partial charge in [0.2, 0.25) is 0 Å². The highest BCUT2D eigenvalue weighted by Crippen LogP contribution is 2.78. The Morgan fingerprint density at radius 2 is 1.40 bits per heavy atom. The standard InChI is InChI=1S/C32H50O3/c1-20-26(35-21(2)33)22(34)18-24-29(20,6)11-10-23-30(24,7)15-17-32(9)25-19-27(3,4)12-13-28(25,5)14-16-31(23,32)8/h23-25H,10-19H2,1-9H3/t23-,24+,25+,28+,29+,30+,31+,32-/m0/s1. The molecule has 0 spiro atoms. The predicted molar refractivity (Wildman–Crippen MR) is 140 cm³/mol. The van der Waals surface area contributed by atoms with Gasteiger partial charge in [-0.05, 0) is 121 Å². The molecule has 5 rings (SSSR count). The first-order chi connectivity index (χ1) is 16.0. The van der Waals surface area contributed by atoms with Crippen molar-refractivity contribution in [1.29, 1.82) is 0 Å². The molecule has 5 aliphatic carbocycles. The van der Waals surface area contributed by atoms with Gasteiger partial charge in [-0.2, -0.15) is 0 Å². The van der Waals surface area contributed by atoms with E-state index in [1.54, 1.807) is 0 Å². The van der Waals surface area contributed by atoms with Crippen molar-refractivity contribution in [2.45, 2.75) is 127 Å². The second-order valence-electron chi connectivity index (χ2n) is 15.7. The van der Waals surface area contributed by atoms with Crippen molar-refractivity contribution in [2.24, 2.45) is 50.2 Å². The molecular formula is C32H50O3. The Kier molecular flexibility index (Phi) is 5.45. The van der Waals surface area contributed by atoms with E-state index in [2.05, 4.69) is 55.4 Å². The number of hydrogen-bond acceptors (Lipinski definition) is 3. The monoisotopic (exact) mass is 482 g/mol. The Morgan fingerprint density at radius 3 is 2.06 bits per heavy atom. The lowest BCUT2D eigenvalue weighted by molar-refractivity contribution is -0.248. The number of fused-ring (bicyclic) bond motifs is 7. The Balaban J connectivity index is 1.55. The SMILES string of the molecule is CC(=O)OC1=C(C)[C@@]2(C)CC[C@H]3[C@@](C)(CC[C@@]4(C)[C@@H]5CC(C)(C)CC[C@]5(C)CC[C@]34C)[C@@H]2CC1=O. The first kappa shape index (κ1) is 25.5. The van der Waals surface area contributed by atoms with E-state index in [1.807, 2.05) is 0 Å². The molecule has 3 heteroatoms. The van der Waals surface area contributed by atoms with Gasteiger partial charge in [0, 0.05) is 13.3 Å². The largest absolute Gasteiger partial charge is 0.423 e. The molecule has 4 saturated carbocycles. The Morgan fingerprint density at radius 1 is 0.800 bits per heavy atom. The number of ketones is 1. The van der Waals surface area contributed by atoms with Crippen LogP contribution in [0, 0.1) is 50.2 Å². The van der Waals surface area contributed by atoms with Crippen molar-refractivity contribution >= 4 is 11.8 Å². The Bertz CT molecular complexity index is 991. The zero-order chi connectivity index (χ0) is 25.8. The minimum atomic E-state index is -0.378. The third-order valence-electron chi connectivity index (χ3n) is 13.6. The van der Waals surface area contributed by atoms with E-state index >= 15 is 0 Å². The van der Waals surface area contributed by atoms with Crippen LogP contribution in [0.2, 0.25) is 0 Å². The van der Waals surface area contributed by atoms with Gasteiger partial charge in [0.25, 0.3) is 0 Å². The van der Waals surface area contributed by atoms with Gasteiger partial charge < -0.3 is 4.74 Å². The molecule has 0 heterocycles. The fourth-order valence-electron chi connectivity index (χ4n) is 11.0. The molecule has 0 unspecified atom stereocenters. The maximum Gasteiger partial charge on any atom is 0.308 e. The Hall–Kier alpha value is -1.12. The summed E-state index contributed by atoms with van der Waals surface area (Å²) in [6.45, 7) is 21.4. The summed E-state index contributed by atoms with van der Waals surface area (Å²) in [6, 6.07) is 0. The quantitative estimate of drug-likeness (QED) is 0.353. The first-order valence-corrected chi connectivity index (χ1v) is 14.5. The average Bonchev–Trinajstić information content (AvgIpc) is 2.76. The van der Waals surface area contributed by atoms with Gasteiger partial charge in [0.1, 0.15) is 0 Å². The first-order valence-electron chi connectivity index (χ1n) is 14.5. The van der Waals surface area contributed by atoms with Crippen molar-refractivity contribution in [1.82, 2.24) is 0 Å². The van der Waals surface area contributed by atoms with E-state index in [0.29, 0.717) is 45.7 Å². The third kappa shape index (κ3) is 3.27. The molecule has 35 heavy (non-hydrogen) atoms. The third-order valence-corrected chi connectivity index (χ3v) is 13.6. The number of allylic oxidation sites excluding steroid dienone is 2. The maximum absolute atomic E-state index is 13.3. The predicted octanol–water partition coefficient (Wildman–Crippen LogP) is 8.27. The molecule has 0 aliphatic heterocycles. The van der Waals surface area contributed by atoms with Crippen molar-refractivity contribution in [3.63, 3.8) is 0 Å². The fraction of sp³-hybridized carbons (Fsp3) is 0.875. The molecule has 4 fully saturated rings. The van der Waals surface area contributed by atoms with Crippen LogP contribution in [0.3, 0.4) is 0 Å². The van der Waals surface area contributed by atoms with E-state index in [1.165, 1.54) is 58.3 Å². The lowest BCUT2D eigenvalue weighted by Crippen LogP contribution is -2.67. The zero-order valence-electron chi connectivity index (χ0n) is 24.0. The summed E-state index contributed by atoms with van der Waals surface area (Å²) in [5.41, 5.74) is 2.72. The van der Waals surface area contributed by atoms with Gasteiger partial charge in [-0.1, -0.05) is 48.5 Å². The lowest BCUT2D eigenvalue weighted by atomic mass is 9.30. The van der Waals surface area contributed by atoms with E-state index < -0.39 is 0 Å². The van der Waals surface area contributed by atoms with Gasteiger partial charge in [-0.25, -0.2) is 0 Å². The summed E-state index contributed by atoms with van der Waals surface area (Å²) < 4.78 is 5.50. The van der Waals surface area contributed by atoms with Crippen molar-refractivity contribution in [3.8, 4) is 0 Å². The van der Waals surface area contributed by atoms with Gasteiger partial charge in [0.15, 0.2) is 11.5 Å². The van der Waals surface area contributed by atoms with Crippen LogP contribution in [-0.4, -0.2) is 11.8 Å². The normalized spacial score (nSPS) is 51.0. The molecule has 0 amide bonds. The van der Waals surface area contributed by atoms with Crippen LogP contribution in [0.15, 0.2) is 11.3 Å². The highest BCUT2D eigenvalue weighted by atomic mass is 16.5. The van der Waals surface area contributed by atoms with Crippen LogP contribution in [0.5, 0.6) is 0 Å². The summed E-state index contributed by atoms with van der Waals surface area (Å²) in [4.78, 5) is 25.1. The molecule has 0 saturated heterocycles. The van der Waals surface area contributed by atoms with Crippen LogP contribution in [0.25, 0.3) is 0 Å². The minimum absolute atomic E-state index is 0.0470. The van der Waals surface area contributed by atoms with E-state index in [-0.39, 0.29) is 22.6 Å². The van der Waals surface area contributed by atoms with Crippen LogP contribution >= 0.6 is 0 Å². The number of ether oxygens (including phenoxy) is 1. The van der Waals surface area contributed by atoms with Crippen LogP contribution in [-0.2, 0) is 14.3 Å². The molecule has 3 nitrogen and oxygen atoms in total. The van der Waals surface area contributed by atoms with E-state index in [0.717, 1.165) is 17.9 Å². The number of carbonyl (C=O) groups is 2. The summed E-state index contributed by atoms with van der Waals surface area (Å²) in [5, 5.41) is 0. The average molecular weight is 483 g/mol. The number of carbonyl (C=O) groups excluding carboxylic acids is 2. The number of hydrogen-bond donors (Lipinski definition) is 0. The minimum Gasteiger partial charge on any atom is -0.423 e. The van der Waals surface area contributed by atoms with Crippen molar-refractivity contribution < 1.29 is 14.3 Å². The van der Waals surface area contributed by atoms with Crippen LogP contribution < -0.4 is 0 Å². The number of rotatable bonds is 1. The molecule has 8 atom stereocenters. The summed E-state index contributed by atoms with van der Waals surface area (Å²) in [7, 11) is 0. The summed E-state index contributed by atoms with van der Waals surface area (Å²) in [6.07, 6.45) is 12.2. The molecule has 5 aliphatic rings. The molecule has 0 aromatic heterocycles. The van der Waals surface area contributed by atoms with Crippen molar-refractivity contribution in [3.05, 3.63) is 11.3 Å². The second-order valence-corrected chi connectivity index (χ2v) is 15.7. The van der Waals surface area contributed by atoms with Crippen LogP contribution in [0.1, 0.15) is 127 Å². The molecule has 0 bridgehead atoms. The maximum atomic E-state index is 13.3. The molecule has 0 radical (unpaired) electrons. The highest BCUT2D eigenvalue weighted by molar-refractivity contribution is 5.97. The molecule has 196 valence electrons. The second kappa shape index (κ2) is 7.47. The molecule has 0 N–H and O–H groups in total.